The van der Waals surface area contributed by atoms with Gasteiger partial charge in [0.25, 0.3) is 6.43 Å². The first-order chi connectivity index (χ1) is 11.4. The lowest BCUT2D eigenvalue weighted by Gasteiger charge is -2.40. The SMILES string of the molecule is CC(C)(C)[Si](C)(C)OC(c1cc(F)cc2ccncc12)C(F)C(F)F. The Bertz CT molecular complexity index is 745. The number of aromatic nitrogens is 1. The molecule has 0 radical (unpaired) electrons. The summed E-state index contributed by atoms with van der Waals surface area (Å²) in [6.45, 7) is 9.47. The molecule has 2 aromatic rings. The van der Waals surface area contributed by atoms with Crippen molar-refractivity contribution in [2.24, 2.45) is 0 Å². The predicted octanol–water partition coefficient (Wildman–Crippen LogP) is 6.04. The molecule has 2 atom stereocenters. The summed E-state index contributed by atoms with van der Waals surface area (Å²) in [6, 6.07) is 3.89. The van der Waals surface area contributed by atoms with E-state index in [1.165, 1.54) is 18.5 Å². The number of pyridine rings is 1. The van der Waals surface area contributed by atoms with E-state index in [-0.39, 0.29) is 10.6 Å². The van der Waals surface area contributed by atoms with Crippen LogP contribution in [0.15, 0.2) is 30.6 Å². The molecule has 25 heavy (non-hydrogen) atoms. The monoisotopic (exact) mass is 373 g/mol. The van der Waals surface area contributed by atoms with Crippen molar-refractivity contribution in [3.05, 3.63) is 42.0 Å². The van der Waals surface area contributed by atoms with E-state index in [2.05, 4.69) is 4.98 Å². The summed E-state index contributed by atoms with van der Waals surface area (Å²) in [4.78, 5) is 3.96. The molecule has 2 unspecified atom stereocenters. The van der Waals surface area contributed by atoms with E-state index >= 15 is 0 Å². The molecule has 0 saturated heterocycles. The van der Waals surface area contributed by atoms with Gasteiger partial charge in [-0.05, 0) is 47.3 Å². The van der Waals surface area contributed by atoms with Crippen LogP contribution < -0.4 is 0 Å². The van der Waals surface area contributed by atoms with E-state index in [9.17, 15) is 17.6 Å². The Morgan fingerprint density at radius 1 is 1.12 bits per heavy atom. The third-order valence-corrected chi connectivity index (χ3v) is 9.27. The van der Waals surface area contributed by atoms with Crippen molar-refractivity contribution in [3.8, 4) is 0 Å². The normalized spacial score (nSPS) is 15.6. The molecule has 2 rings (SSSR count). The Kier molecular flexibility index (Phi) is 5.58. The highest BCUT2D eigenvalue weighted by Gasteiger charge is 2.43. The molecule has 0 spiro atoms. The van der Waals surface area contributed by atoms with E-state index < -0.39 is 32.8 Å². The smallest absolute Gasteiger partial charge is 0.272 e. The maximum absolute atomic E-state index is 14.5. The summed E-state index contributed by atoms with van der Waals surface area (Å²) in [5, 5.41) is 0.570. The van der Waals surface area contributed by atoms with Gasteiger partial charge >= 0.3 is 0 Å². The van der Waals surface area contributed by atoms with Crippen molar-refractivity contribution in [1.29, 1.82) is 0 Å². The highest BCUT2D eigenvalue weighted by atomic mass is 28.4. The zero-order chi connectivity index (χ0) is 19.0. The summed E-state index contributed by atoms with van der Waals surface area (Å²) >= 11 is 0. The maximum atomic E-state index is 14.5. The minimum Gasteiger partial charge on any atom is -0.407 e. The lowest BCUT2D eigenvalue weighted by Crippen LogP contribution is -2.44. The molecule has 1 heterocycles. The van der Waals surface area contributed by atoms with Gasteiger partial charge in [0.15, 0.2) is 14.5 Å². The third-order valence-electron chi connectivity index (χ3n) is 4.82. The molecule has 0 aliphatic carbocycles. The molecule has 0 amide bonds. The van der Waals surface area contributed by atoms with Crippen molar-refractivity contribution >= 4 is 19.1 Å². The first-order valence-electron chi connectivity index (χ1n) is 8.07. The van der Waals surface area contributed by atoms with Crippen molar-refractivity contribution in [3.63, 3.8) is 0 Å². The standard InChI is InChI=1S/C18H23F4NOSi/c1-18(2,3)25(4,5)24-16(15(20)17(21)22)13-9-12(19)8-11-6-7-23-10-14(11)13/h6-10,15-17H,1-5H3. The molecule has 1 aromatic heterocycles. The van der Waals surface area contributed by atoms with Crippen LogP contribution in [0.2, 0.25) is 18.1 Å². The largest absolute Gasteiger partial charge is 0.407 e. The molecule has 0 bridgehead atoms. The fraction of sp³-hybridized carbons (Fsp3) is 0.500. The van der Waals surface area contributed by atoms with E-state index in [4.69, 9.17) is 4.43 Å². The number of fused-ring (bicyclic) bond motifs is 1. The summed E-state index contributed by atoms with van der Waals surface area (Å²) in [5.41, 5.74) is 0.0701. The summed E-state index contributed by atoms with van der Waals surface area (Å²) < 4.78 is 60.8. The predicted molar refractivity (Wildman–Crippen MR) is 93.6 cm³/mol. The van der Waals surface area contributed by atoms with Gasteiger partial charge in [0, 0.05) is 17.8 Å². The molecule has 7 heteroatoms. The molecule has 2 nitrogen and oxygen atoms in total. The van der Waals surface area contributed by atoms with Crippen LogP contribution in [0.4, 0.5) is 17.6 Å². The van der Waals surface area contributed by atoms with Crippen LogP contribution >= 0.6 is 0 Å². The molecule has 0 saturated carbocycles. The van der Waals surface area contributed by atoms with Gasteiger partial charge < -0.3 is 4.43 Å². The topological polar surface area (TPSA) is 22.1 Å². The van der Waals surface area contributed by atoms with E-state index in [1.54, 1.807) is 6.07 Å². The molecule has 0 aliphatic heterocycles. The van der Waals surface area contributed by atoms with Gasteiger partial charge in [-0.15, -0.1) is 0 Å². The number of hydrogen-bond acceptors (Lipinski definition) is 2. The second kappa shape index (κ2) is 7.03. The minimum atomic E-state index is -3.23. The molecule has 1 aromatic carbocycles. The van der Waals surface area contributed by atoms with Gasteiger partial charge in [0.05, 0.1) is 0 Å². The highest BCUT2D eigenvalue weighted by Crippen LogP contribution is 2.43. The zero-order valence-electron chi connectivity index (χ0n) is 15.0. The van der Waals surface area contributed by atoms with Gasteiger partial charge in [-0.3, -0.25) is 4.98 Å². The van der Waals surface area contributed by atoms with Gasteiger partial charge in [-0.2, -0.15) is 0 Å². The van der Waals surface area contributed by atoms with Crippen LogP contribution in [-0.4, -0.2) is 25.9 Å². The quantitative estimate of drug-likeness (QED) is 0.471. The fourth-order valence-corrected chi connectivity index (χ4v) is 3.60. The van der Waals surface area contributed by atoms with E-state index in [0.717, 1.165) is 6.07 Å². The molecule has 0 aliphatic rings. The molecule has 138 valence electrons. The molecule has 0 N–H and O–H groups in total. The Morgan fingerprint density at radius 3 is 2.32 bits per heavy atom. The first kappa shape index (κ1) is 19.8. The molecular weight excluding hydrogens is 350 g/mol. The van der Waals surface area contributed by atoms with Gasteiger partial charge in [-0.1, -0.05) is 20.8 Å². The van der Waals surface area contributed by atoms with Crippen LogP contribution in [0.3, 0.4) is 0 Å². The minimum absolute atomic E-state index is 0.0701. The van der Waals surface area contributed by atoms with Crippen molar-refractivity contribution < 1.29 is 22.0 Å². The van der Waals surface area contributed by atoms with E-state index in [0.29, 0.717) is 10.8 Å². The average molecular weight is 373 g/mol. The Hall–Kier alpha value is -1.47. The van der Waals surface area contributed by atoms with Crippen LogP contribution in [0.1, 0.15) is 32.4 Å². The third kappa shape index (κ3) is 4.20. The van der Waals surface area contributed by atoms with Crippen LogP contribution in [0.25, 0.3) is 10.8 Å². The van der Waals surface area contributed by atoms with Crippen LogP contribution in [0.5, 0.6) is 0 Å². The summed E-state index contributed by atoms with van der Waals surface area (Å²) in [6.07, 6.45) is -4.45. The van der Waals surface area contributed by atoms with Crippen molar-refractivity contribution in [1.82, 2.24) is 4.98 Å². The Balaban J connectivity index is 2.61. The zero-order valence-corrected chi connectivity index (χ0v) is 16.0. The average Bonchev–Trinajstić information content (AvgIpc) is 2.50. The van der Waals surface area contributed by atoms with E-state index in [1.807, 2.05) is 33.9 Å². The lowest BCUT2D eigenvalue weighted by atomic mass is 9.99. The Labute approximate surface area is 146 Å². The second-order valence-electron chi connectivity index (χ2n) is 7.67. The second-order valence-corrected chi connectivity index (χ2v) is 12.4. The lowest BCUT2D eigenvalue weighted by molar-refractivity contribution is -0.0241. The highest BCUT2D eigenvalue weighted by molar-refractivity contribution is 6.74. The van der Waals surface area contributed by atoms with Crippen molar-refractivity contribution in [2.45, 2.75) is 57.6 Å². The number of halogens is 4. The van der Waals surface area contributed by atoms with Crippen LogP contribution in [0, 0.1) is 5.82 Å². The number of nitrogens with zero attached hydrogens (tertiary/aromatic N) is 1. The van der Waals surface area contributed by atoms with Gasteiger partial charge in [0.1, 0.15) is 11.9 Å². The number of rotatable bonds is 5. The van der Waals surface area contributed by atoms with Crippen molar-refractivity contribution in [2.75, 3.05) is 0 Å². The number of benzene rings is 1. The number of alkyl halides is 3. The van der Waals surface area contributed by atoms with Gasteiger partial charge in [0.2, 0.25) is 0 Å². The number of hydrogen-bond donors (Lipinski definition) is 0. The molecular formula is C18H23F4NOSi. The Morgan fingerprint density at radius 2 is 1.76 bits per heavy atom. The fourth-order valence-electron chi connectivity index (χ4n) is 2.35. The van der Waals surface area contributed by atoms with Gasteiger partial charge in [-0.25, -0.2) is 17.6 Å². The van der Waals surface area contributed by atoms with Crippen LogP contribution in [-0.2, 0) is 4.43 Å². The summed E-state index contributed by atoms with van der Waals surface area (Å²) in [7, 11) is -2.58. The maximum Gasteiger partial charge on any atom is 0.272 e. The summed E-state index contributed by atoms with van der Waals surface area (Å²) in [5.74, 6) is -0.626. The first-order valence-corrected chi connectivity index (χ1v) is 11.0. The molecule has 0 fully saturated rings.